The van der Waals surface area contributed by atoms with E-state index in [-0.39, 0.29) is 43.6 Å². The van der Waals surface area contributed by atoms with E-state index in [1.54, 1.807) is 0 Å². The van der Waals surface area contributed by atoms with Gasteiger partial charge in [0.1, 0.15) is 18.1 Å². The molecule has 5 unspecified atom stereocenters. The number of hydrogen-bond acceptors (Lipinski definition) is 7. The molecule has 0 radical (unpaired) electrons. The molecule has 1 heterocycles. The SMILES string of the molecule is CCC(C)C(N)C(=O)N1CCCC1C(=O)NC(CCC(=O)O)C(=O)NC(CCCN=C(N)N)C(=O)O. The predicted octanol–water partition coefficient (Wildman–Crippen LogP) is -1.68. The molecule has 0 bridgehead atoms. The average molecular weight is 514 g/mol. The number of aliphatic imine (C=N–C) groups is 1. The van der Waals surface area contributed by atoms with Gasteiger partial charge in [-0.15, -0.1) is 0 Å². The van der Waals surface area contributed by atoms with Gasteiger partial charge in [-0.05, 0) is 38.0 Å². The van der Waals surface area contributed by atoms with Gasteiger partial charge in [-0.3, -0.25) is 24.2 Å². The molecular formula is C22H39N7O7. The zero-order valence-corrected chi connectivity index (χ0v) is 20.8. The molecule has 5 atom stereocenters. The maximum absolute atomic E-state index is 13.0. The molecule has 1 aliphatic rings. The maximum Gasteiger partial charge on any atom is 0.326 e. The summed E-state index contributed by atoms with van der Waals surface area (Å²) in [6.07, 6.45) is 1.19. The molecule has 3 amide bonds. The number of carbonyl (C=O) groups excluding carboxylic acids is 3. The van der Waals surface area contributed by atoms with E-state index in [0.29, 0.717) is 25.8 Å². The van der Waals surface area contributed by atoms with Crippen molar-refractivity contribution in [2.75, 3.05) is 13.1 Å². The number of guanidine groups is 1. The molecule has 0 aromatic rings. The van der Waals surface area contributed by atoms with Crippen LogP contribution in [0.25, 0.3) is 0 Å². The lowest BCUT2D eigenvalue weighted by molar-refractivity contribution is -0.144. The second-order valence-corrected chi connectivity index (χ2v) is 8.94. The smallest absolute Gasteiger partial charge is 0.326 e. The highest BCUT2D eigenvalue weighted by atomic mass is 16.4. The van der Waals surface area contributed by atoms with E-state index in [0.717, 1.165) is 0 Å². The number of carboxylic acids is 2. The Bertz CT molecular complexity index is 832. The Balaban J connectivity index is 2.93. The Labute approximate surface area is 210 Å². The number of likely N-dealkylation sites (tertiary alicyclic amines) is 1. The van der Waals surface area contributed by atoms with Crippen molar-refractivity contribution in [3.05, 3.63) is 0 Å². The van der Waals surface area contributed by atoms with Crippen LogP contribution in [-0.2, 0) is 24.0 Å². The summed E-state index contributed by atoms with van der Waals surface area (Å²) >= 11 is 0. The van der Waals surface area contributed by atoms with Crippen molar-refractivity contribution in [1.82, 2.24) is 15.5 Å². The van der Waals surface area contributed by atoms with Crippen molar-refractivity contribution in [3.63, 3.8) is 0 Å². The minimum atomic E-state index is -1.31. The molecule has 36 heavy (non-hydrogen) atoms. The van der Waals surface area contributed by atoms with Crippen molar-refractivity contribution in [2.24, 2.45) is 28.1 Å². The fourth-order valence-corrected chi connectivity index (χ4v) is 3.83. The highest BCUT2D eigenvalue weighted by molar-refractivity contribution is 5.94. The molecule has 0 aromatic heterocycles. The third kappa shape index (κ3) is 9.68. The van der Waals surface area contributed by atoms with Gasteiger partial charge in [0.15, 0.2) is 5.96 Å². The Morgan fingerprint density at radius 1 is 1.08 bits per heavy atom. The molecule has 10 N–H and O–H groups in total. The third-order valence-corrected chi connectivity index (χ3v) is 6.22. The fourth-order valence-electron chi connectivity index (χ4n) is 3.83. The Morgan fingerprint density at radius 2 is 1.75 bits per heavy atom. The topological polar surface area (TPSA) is 244 Å². The number of nitrogens with two attached hydrogens (primary N) is 3. The molecule has 14 nitrogen and oxygen atoms in total. The molecule has 0 aromatic carbocycles. The van der Waals surface area contributed by atoms with Gasteiger partial charge in [-0.25, -0.2) is 4.79 Å². The summed E-state index contributed by atoms with van der Waals surface area (Å²) in [6, 6.07) is -4.24. The van der Waals surface area contributed by atoms with E-state index in [2.05, 4.69) is 15.6 Å². The first-order valence-electron chi connectivity index (χ1n) is 12.1. The van der Waals surface area contributed by atoms with E-state index >= 15 is 0 Å². The molecule has 1 aliphatic heterocycles. The molecule has 1 fully saturated rings. The first-order valence-corrected chi connectivity index (χ1v) is 12.1. The van der Waals surface area contributed by atoms with Gasteiger partial charge < -0.3 is 42.9 Å². The highest BCUT2D eigenvalue weighted by Gasteiger charge is 2.38. The normalized spacial score (nSPS) is 18.4. The molecule has 1 rings (SSSR count). The summed E-state index contributed by atoms with van der Waals surface area (Å²) in [5, 5.41) is 23.4. The number of amides is 3. The fraction of sp³-hybridized carbons (Fsp3) is 0.727. The summed E-state index contributed by atoms with van der Waals surface area (Å²) in [7, 11) is 0. The van der Waals surface area contributed by atoms with Gasteiger partial charge in [-0.1, -0.05) is 20.3 Å². The average Bonchev–Trinajstić information content (AvgIpc) is 3.31. The standard InChI is InChI=1S/C22H39N7O7/c1-3-12(2)17(23)20(34)29-11-5-7-15(29)19(33)27-13(8-9-16(30)31)18(32)28-14(21(35)36)6-4-10-26-22(24)25/h12-15,17H,3-11,23H2,1-2H3,(H,27,33)(H,28,32)(H,30,31)(H,35,36)(H4,24,25,26). The lowest BCUT2D eigenvalue weighted by Crippen LogP contribution is -2.57. The zero-order valence-electron chi connectivity index (χ0n) is 20.8. The number of aliphatic carboxylic acids is 2. The molecule has 0 saturated carbocycles. The molecule has 1 saturated heterocycles. The number of nitrogens with one attached hydrogen (secondary N) is 2. The Hall–Kier alpha value is -3.42. The number of nitrogens with zero attached hydrogens (tertiary/aromatic N) is 2. The predicted molar refractivity (Wildman–Crippen MR) is 130 cm³/mol. The van der Waals surface area contributed by atoms with E-state index in [4.69, 9.17) is 22.3 Å². The number of carboxylic acid groups (broad SMARTS) is 2. The minimum absolute atomic E-state index is 0.00978. The summed E-state index contributed by atoms with van der Waals surface area (Å²) < 4.78 is 0. The van der Waals surface area contributed by atoms with E-state index in [9.17, 15) is 29.1 Å². The summed E-state index contributed by atoms with van der Waals surface area (Å²) in [5.74, 6) is -4.55. The number of carbonyl (C=O) groups is 5. The van der Waals surface area contributed by atoms with Crippen LogP contribution in [0, 0.1) is 5.92 Å². The van der Waals surface area contributed by atoms with Gasteiger partial charge in [0.05, 0.1) is 6.04 Å². The highest BCUT2D eigenvalue weighted by Crippen LogP contribution is 2.21. The Morgan fingerprint density at radius 3 is 2.31 bits per heavy atom. The molecule has 0 spiro atoms. The van der Waals surface area contributed by atoms with Crippen LogP contribution in [0.2, 0.25) is 0 Å². The van der Waals surface area contributed by atoms with Crippen molar-refractivity contribution in [1.29, 1.82) is 0 Å². The zero-order chi connectivity index (χ0) is 27.4. The lowest BCUT2D eigenvalue weighted by atomic mass is 9.98. The second-order valence-electron chi connectivity index (χ2n) is 8.94. The lowest BCUT2D eigenvalue weighted by Gasteiger charge is -2.30. The van der Waals surface area contributed by atoms with Crippen molar-refractivity contribution in [2.45, 2.75) is 83.0 Å². The van der Waals surface area contributed by atoms with Gasteiger partial charge in [-0.2, -0.15) is 0 Å². The van der Waals surface area contributed by atoms with Crippen LogP contribution in [0.15, 0.2) is 4.99 Å². The van der Waals surface area contributed by atoms with Crippen LogP contribution >= 0.6 is 0 Å². The summed E-state index contributed by atoms with van der Waals surface area (Å²) in [4.78, 5) is 66.6. The van der Waals surface area contributed by atoms with Crippen molar-refractivity contribution in [3.8, 4) is 0 Å². The van der Waals surface area contributed by atoms with Gasteiger partial charge in [0.25, 0.3) is 0 Å². The van der Waals surface area contributed by atoms with Crippen LogP contribution < -0.4 is 27.8 Å². The third-order valence-electron chi connectivity index (χ3n) is 6.22. The van der Waals surface area contributed by atoms with E-state index in [1.807, 2.05) is 13.8 Å². The largest absolute Gasteiger partial charge is 0.481 e. The van der Waals surface area contributed by atoms with Crippen LogP contribution in [0.4, 0.5) is 0 Å². The number of rotatable bonds is 15. The monoisotopic (exact) mass is 513 g/mol. The van der Waals surface area contributed by atoms with Crippen LogP contribution in [0.1, 0.15) is 58.8 Å². The molecule has 14 heteroatoms. The van der Waals surface area contributed by atoms with E-state index in [1.165, 1.54) is 4.90 Å². The van der Waals surface area contributed by atoms with Gasteiger partial charge in [0.2, 0.25) is 17.7 Å². The molecule has 204 valence electrons. The Kier molecular flexibility index (Phi) is 12.6. The molecule has 0 aliphatic carbocycles. The first-order chi connectivity index (χ1) is 16.9. The van der Waals surface area contributed by atoms with E-state index < -0.39 is 54.3 Å². The first kappa shape index (κ1) is 30.6. The van der Waals surface area contributed by atoms with Crippen LogP contribution in [0.5, 0.6) is 0 Å². The summed E-state index contributed by atoms with van der Waals surface area (Å²) in [5.41, 5.74) is 16.5. The summed E-state index contributed by atoms with van der Waals surface area (Å²) in [6.45, 7) is 4.24. The number of hydrogen-bond donors (Lipinski definition) is 7. The minimum Gasteiger partial charge on any atom is -0.481 e. The quantitative estimate of drug-likeness (QED) is 0.0744. The molecular weight excluding hydrogens is 474 g/mol. The van der Waals surface area contributed by atoms with Gasteiger partial charge >= 0.3 is 11.9 Å². The second kappa shape index (κ2) is 14.9. The maximum atomic E-state index is 13.0. The van der Waals surface area contributed by atoms with Gasteiger partial charge in [0, 0.05) is 19.5 Å². The van der Waals surface area contributed by atoms with Crippen molar-refractivity contribution < 1.29 is 34.2 Å². The van der Waals surface area contributed by atoms with Crippen LogP contribution in [0.3, 0.4) is 0 Å². The van der Waals surface area contributed by atoms with Crippen molar-refractivity contribution >= 4 is 35.6 Å². The van der Waals surface area contributed by atoms with Crippen LogP contribution in [-0.4, -0.2) is 88.0 Å².